The zero-order valence-corrected chi connectivity index (χ0v) is 25.2. The maximum Gasteiger partial charge on any atom is 0.324 e. The molecule has 5 heterocycles. The van der Waals surface area contributed by atoms with Crippen molar-refractivity contribution in [2.75, 3.05) is 42.5 Å². The second-order valence-electron chi connectivity index (χ2n) is 11.9. The van der Waals surface area contributed by atoms with Gasteiger partial charge < -0.3 is 9.80 Å². The molecule has 1 N–H and O–H groups in total. The molecule has 12 heteroatoms. The third-order valence-electron chi connectivity index (χ3n) is 9.10. The van der Waals surface area contributed by atoms with Gasteiger partial charge in [0.25, 0.3) is 11.8 Å². The lowest BCUT2D eigenvalue weighted by molar-refractivity contribution is -0.136. The second kappa shape index (κ2) is 11.6. The van der Waals surface area contributed by atoms with Crippen LogP contribution < -0.4 is 15.1 Å². The van der Waals surface area contributed by atoms with Gasteiger partial charge in [-0.1, -0.05) is 23.7 Å². The maximum atomic E-state index is 13.5. The number of hydrogen-bond donors (Lipinski definition) is 1. The van der Waals surface area contributed by atoms with Crippen molar-refractivity contribution < 1.29 is 24.0 Å². The fraction of sp³-hybridized carbons (Fsp3) is 0.333. The van der Waals surface area contributed by atoms with Crippen molar-refractivity contribution in [3.05, 3.63) is 77.1 Å². The van der Waals surface area contributed by atoms with Gasteiger partial charge in [0.05, 0.1) is 16.1 Å². The molecule has 4 aliphatic rings. The Morgan fingerprint density at radius 1 is 0.889 bits per heavy atom. The Bertz CT molecular complexity index is 1740. The molecule has 1 atom stereocenters. The Kier molecular flexibility index (Phi) is 7.48. The van der Waals surface area contributed by atoms with Crippen LogP contribution in [-0.2, 0) is 9.59 Å². The van der Waals surface area contributed by atoms with Gasteiger partial charge in [0, 0.05) is 68.5 Å². The zero-order valence-electron chi connectivity index (χ0n) is 24.4. The normalized spacial score (nSPS) is 20.5. The first-order valence-corrected chi connectivity index (χ1v) is 15.5. The minimum atomic E-state index is -0.982. The number of carbonyl (C=O) groups excluding carboxylic acids is 5. The van der Waals surface area contributed by atoms with Crippen LogP contribution in [0.4, 0.5) is 16.2 Å². The first-order chi connectivity index (χ1) is 21.8. The van der Waals surface area contributed by atoms with Crippen molar-refractivity contribution >= 4 is 52.6 Å². The van der Waals surface area contributed by atoms with Crippen LogP contribution in [0.3, 0.4) is 0 Å². The van der Waals surface area contributed by atoms with Crippen LogP contribution >= 0.6 is 11.6 Å². The molecule has 1 unspecified atom stereocenters. The molecule has 6 amide bonds. The molecule has 45 heavy (non-hydrogen) atoms. The van der Waals surface area contributed by atoms with Crippen molar-refractivity contribution in [3.8, 4) is 11.1 Å². The highest BCUT2D eigenvalue weighted by molar-refractivity contribution is 6.33. The van der Waals surface area contributed by atoms with E-state index in [9.17, 15) is 24.0 Å². The summed E-state index contributed by atoms with van der Waals surface area (Å²) in [6.07, 6.45) is 5.31. The first kappa shape index (κ1) is 29.0. The number of aromatic nitrogens is 1. The van der Waals surface area contributed by atoms with Crippen LogP contribution in [0.25, 0.3) is 11.1 Å². The van der Waals surface area contributed by atoms with Gasteiger partial charge >= 0.3 is 6.03 Å². The Morgan fingerprint density at radius 2 is 1.71 bits per heavy atom. The molecular formula is C33H31ClN6O5. The van der Waals surface area contributed by atoms with Gasteiger partial charge in [0.2, 0.25) is 11.8 Å². The number of imide groups is 2. The summed E-state index contributed by atoms with van der Waals surface area (Å²) in [6.45, 7) is 3.57. The number of nitrogens with one attached hydrogen (secondary N) is 1. The number of fused-ring (bicyclic) bond motifs is 1. The average molecular weight is 627 g/mol. The molecule has 0 spiro atoms. The molecule has 4 aliphatic heterocycles. The monoisotopic (exact) mass is 626 g/mol. The summed E-state index contributed by atoms with van der Waals surface area (Å²) in [5.41, 5.74) is 3.95. The lowest BCUT2D eigenvalue weighted by atomic mass is 9.94. The van der Waals surface area contributed by atoms with E-state index in [2.05, 4.69) is 15.2 Å². The maximum absolute atomic E-state index is 13.5. The molecule has 1 aromatic heterocycles. The molecule has 0 aliphatic carbocycles. The molecule has 0 bridgehead atoms. The van der Waals surface area contributed by atoms with Crippen LogP contribution in [0.15, 0.2) is 60.9 Å². The van der Waals surface area contributed by atoms with Crippen molar-refractivity contribution in [3.63, 3.8) is 0 Å². The summed E-state index contributed by atoms with van der Waals surface area (Å²) in [6, 6.07) is 13.8. The van der Waals surface area contributed by atoms with Gasteiger partial charge in [-0.2, -0.15) is 0 Å². The van der Waals surface area contributed by atoms with Crippen molar-refractivity contribution in [1.29, 1.82) is 0 Å². The Balaban J connectivity index is 0.953. The lowest BCUT2D eigenvalue weighted by Crippen LogP contribution is -2.54. The molecular weight excluding hydrogens is 596 g/mol. The molecule has 230 valence electrons. The van der Waals surface area contributed by atoms with Crippen LogP contribution in [0.2, 0.25) is 5.02 Å². The number of hydrogen-bond acceptors (Lipinski definition) is 7. The number of urea groups is 1. The second-order valence-corrected chi connectivity index (χ2v) is 12.3. The summed E-state index contributed by atoms with van der Waals surface area (Å²) < 4.78 is 0. The summed E-state index contributed by atoms with van der Waals surface area (Å²) in [7, 11) is 0. The number of carbonyl (C=O) groups is 5. The highest BCUT2D eigenvalue weighted by Crippen LogP contribution is 2.34. The Morgan fingerprint density at radius 3 is 2.51 bits per heavy atom. The predicted octanol–water partition coefficient (Wildman–Crippen LogP) is 3.96. The number of rotatable bonds is 7. The van der Waals surface area contributed by atoms with Crippen LogP contribution in [0, 0.1) is 5.92 Å². The SMILES string of the molecule is O=C1CCC(N2C(=O)c3ccc(N4CC(CCN5CCCN(c6cccc(-c7cnccc7Cl)c6)C5=O)C4)cc3C2=O)C(=O)N1. The number of piperidine rings is 1. The largest absolute Gasteiger partial charge is 0.371 e. The Labute approximate surface area is 264 Å². The van der Waals surface area contributed by atoms with Crippen molar-refractivity contribution in [2.45, 2.75) is 31.7 Å². The summed E-state index contributed by atoms with van der Waals surface area (Å²) in [5.74, 6) is -1.65. The fourth-order valence-electron chi connectivity index (χ4n) is 6.62. The third kappa shape index (κ3) is 5.31. The van der Waals surface area contributed by atoms with Gasteiger partial charge in [-0.3, -0.25) is 39.3 Å². The zero-order chi connectivity index (χ0) is 31.2. The Hall–Kier alpha value is -4.77. The number of amides is 6. The highest BCUT2D eigenvalue weighted by Gasteiger charge is 2.45. The van der Waals surface area contributed by atoms with Crippen LogP contribution in [0.1, 0.15) is 46.4 Å². The van der Waals surface area contributed by atoms with Crippen LogP contribution in [-0.4, -0.2) is 83.2 Å². The number of halogens is 1. The molecule has 0 saturated carbocycles. The third-order valence-corrected chi connectivity index (χ3v) is 9.43. The molecule has 0 radical (unpaired) electrons. The smallest absolute Gasteiger partial charge is 0.324 e. The minimum Gasteiger partial charge on any atom is -0.371 e. The lowest BCUT2D eigenvalue weighted by Gasteiger charge is -2.43. The quantitative estimate of drug-likeness (QED) is 0.394. The molecule has 2 aromatic carbocycles. The van der Waals surface area contributed by atoms with E-state index in [-0.39, 0.29) is 30.0 Å². The van der Waals surface area contributed by atoms with E-state index in [0.29, 0.717) is 30.6 Å². The van der Waals surface area contributed by atoms with Gasteiger partial charge in [0.1, 0.15) is 6.04 Å². The molecule has 11 nitrogen and oxygen atoms in total. The van der Waals surface area contributed by atoms with E-state index in [1.54, 1.807) is 30.6 Å². The number of nitrogens with zero attached hydrogens (tertiary/aromatic N) is 5. The fourth-order valence-corrected chi connectivity index (χ4v) is 6.83. The van der Waals surface area contributed by atoms with E-state index in [1.807, 2.05) is 40.1 Å². The highest BCUT2D eigenvalue weighted by atomic mass is 35.5. The number of benzene rings is 2. The van der Waals surface area contributed by atoms with Gasteiger partial charge in [-0.25, -0.2) is 4.79 Å². The van der Waals surface area contributed by atoms with E-state index < -0.39 is 29.7 Å². The number of anilines is 2. The van der Waals surface area contributed by atoms with E-state index >= 15 is 0 Å². The minimum absolute atomic E-state index is 0.00534. The van der Waals surface area contributed by atoms with Crippen molar-refractivity contribution in [2.24, 2.45) is 5.92 Å². The van der Waals surface area contributed by atoms with Gasteiger partial charge in [0.15, 0.2) is 0 Å². The molecule has 3 aromatic rings. The summed E-state index contributed by atoms with van der Waals surface area (Å²) >= 11 is 6.38. The molecule has 3 saturated heterocycles. The van der Waals surface area contributed by atoms with Gasteiger partial charge in [-0.15, -0.1) is 0 Å². The van der Waals surface area contributed by atoms with E-state index in [4.69, 9.17) is 11.6 Å². The van der Waals surface area contributed by atoms with E-state index in [0.717, 1.165) is 53.3 Å². The number of pyridine rings is 1. The molecule has 3 fully saturated rings. The van der Waals surface area contributed by atoms with E-state index in [1.165, 1.54) is 0 Å². The molecule has 7 rings (SSSR count). The predicted molar refractivity (Wildman–Crippen MR) is 167 cm³/mol. The van der Waals surface area contributed by atoms with Gasteiger partial charge in [-0.05, 0) is 67.1 Å². The summed E-state index contributed by atoms with van der Waals surface area (Å²) in [5, 5.41) is 2.83. The summed E-state index contributed by atoms with van der Waals surface area (Å²) in [4.78, 5) is 74.6. The first-order valence-electron chi connectivity index (χ1n) is 15.2. The average Bonchev–Trinajstić information content (AvgIpc) is 3.26. The van der Waals surface area contributed by atoms with Crippen LogP contribution in [0.5, 0.6) is 0 Å². The standard InChI is InChI=1S/C33H31ClN6O5/c34-27-9-11-35-17-26(27)21-3-1-4-23(15-21)39-13-2-12-37(33(39)45)14-10-20-18-38(19-20)22-5-6-24-25(16-22)32(44)40(31(24)43)28-7-8-29(41)36-30(28)42/h1,3-6,9,11,15-17,20,28H,2,7-8,10,12-14,18-19H2,(H,36,41,42). The topological polar surface area (TPSA) is 123 Å². The van der Waals surface area contributed by atoms with Crippen molar-refractivity contribution in [1.82, 2.24) is 20.1 Å².